The first-order chi connectivity index (χ1) is 18.5. The molecule has 0 aliphatic rings. The summed E-state index contributed by atoms with van der Waals surface area (Å²) in [7, 11) is -4.29. The molecule has 0 saturated carbocycles. The van der Waals surface area contributed by atoms with Crippen molar-refractivity contribution in [2.24, 2.45) is 0 Å². The van der Waals surface area contributed by atoms with E-state index in [1.807, 2.05) is 83.6 Å². The molecule has 0 unspecified atom stereocenters. The Balaban J connectivity index is 1.54. The molecule has 0 spiro atoms. The molecule has 1 N–H and O–H groups in total. The molecule has 3 rings (SSSR count). The topological polar surface area (TPSA) is 81.7 Å². The van der Waals surface area contributed by atoms with Gasteiger partial charge in [-0.3, -0.25) is 4.18 Å². The van der Waals surface area contributed by atoms with Gasteiger partial charge in [0.2, 0.25) is 0 Å². The van der Waals surface area contributed by atoms with Crippen LogP contribution < -0.4 is 9.46 Å². The van der Waals surface area contributed by atoms with Crippen molar-refractivity contribution in [1.82, 2.24) is 4.72 Å². The maximum absolute atomic E-state index is 12.7. The number of ether oxygens (including phenoxy) is 1. The van der Waals surface area contributed by atoms with E-state index in [1.54, 1.807) is 0 Å². The Hall–Kier alpha value is -3.16. The summed E-state index contributed by atoms with van der Waals surface area (Å²) in [6.07, 6.45) is 10.2. The Kier molecular flexibility index (Phi) is 12.3. The summed E-state index contributed by atoms with van der Waals surface area (Å²) in [4.78, 5) is 12.7. The van der Waals surface area contributed by atoms with Crippen molar-refractivity contribution in [2.75, 3.05) is 6.61 Å². The first kappa shape index (κ1) is 29.4. The molecule has 0 aliphatic heterocycles. The largest absolute Gasteiger partial charge is 0.428 e. The molecule has 3 aromatic rings. The van der Waals surface area contributed by atoms with Gasteiger partial charge in [0.05, 0.1) is 6.61 Å². The van der Waals surface area contributed by atoms with Gasteiger partial charge in [0.15, 0.2) is 0 Å². The van der Waals surface area contributed by atoms with Crippen LogP contribution in [0.25, 0.3) is 22.3 Å². The highest BCUT2D eigenvalue weighted by Crippen LogP contribution is 2.39. The van der Waals surface area contributed by atoms with Crippen molar-refractivity contribution >= 4 is 16.4 Å². The average Bonchev–Trinajstić information content (AvgIpc) is 2.92. The number of amides is 1. The lowest BCUT2D eigenvalue weighted by molar-refractivity contribution is 0.204. The Morgan fingerprint density at radius 1 is 0.658 bits per heavy atom. The third-order valence-electron chi connectivity index (χ3n) is 6.32. The third-order valence-corrected chi connectivity index (χ3v) is 7.22. The number of hydrogen-bond acceptors (Lipinski definition) is 5. The van der Waals surface area contributed by atoms with Crippen LogP contribution in [-0.2, 0) is 14.5 Å². The van der Waals surface area contributed by atoms with E-state index in [2.05, 4.69) is 6.92 Å². The van der Waals surface area contributed by atoms with Crippen LogP contribution in [-0.4, -0.2) is 21.1 Å². The second-order valence-corrected chi connectivity index (χ2v) is 10.7. The van der Waals surface area contributed by atoms with Gasteiger partial charge >= 0.3 is 16.4 Å². The third kappa shape index (κ3) is 9.95. The van der Waals surface area contributed by atoms with Gasteiger partial charge in [-0.2, -0.15) is 13.1 Å². The fourth-order valence-corrected chi connectivity index (χ4v) is 4.98. The summed E-state index contributed by atoms with van der Waals surface area (Å²) in [5, 5.41) is 0. The van der Waals surface area contributed by atoms with Gasteiger partial charge < -0.3 is 4.74 Å². The van der Waals surface area contributed by atoms with E-state index < -0.39 is 16.4 Å². The molecule has 0 aromatic heterocycles. The summed E-state index contributed by atoms with van der Waals surface area (Å²) in [6.45, 7) is 2.24. The number of carbonyl (C=O) groups is 1. The number of carbonyl (C=O) groups excluding carboxylic acids is 1. The number of nitrogens with one attached hydrogen (secondary N) is 1. The second-order valence-electron chi connectivity index (χ2n) is 9.36. The molecule has 38 heavy (non-hydrogen) atoms. The molecule has 204 valence electrons. The van der Waals surface area contributed by atoms with Crippen LogP contribution in [0.3, 0.4) is 0 Å². The highest BCUT2D eigenvalue weighted by atomic mass is 32.2. The summed E-state index contributed by atoms with van der Waals surface area (Å²) in [6, 6.07) is 24.5. The number of para-hydroxylation sites is 1. The van der Waals surface area contributed by atoms with Crippen molar-refractivity contribution in [2.45, 2.75) is 71.1 Å². The monoisotopic (exact) mass is 537 g/mol. The molecule has 0 atom stereocenters. The maximum Gasteiger partial charge on any atom is 0.428 e. The lowest BCUT2D eigenvalue weighted by atomic mass is 9.97. The molecule has 0 saturated heterocycles. The first-order valence-electron chi connectivity index (χ1n) is 13.6. The van der Waals surface area contributed by atoms with E-state index in [9.17, 15) is 13.2 Å². The molecule has 1 amide bonds. The zero-order valence-electron chi connectivity index (χ0n) is 22.2. The van der Waals surface area contributed by atoms with E-state index in [0.717, 1.165) is 30.4 Å². The van der Waals surface area contributed by atoms with Gasteiger partial charge in [-0.05, 0) is 17.5 Å². The Morgan fingerprint density at radius 3 is 1.63 bits per heavy atom. The van der Waals surface area contributed by atoms with Crippen LogP contribution >= 0.6 is 0 Å². The Morgan fingerprint density at radius 2 is 1.13 bits per heavy atom. The molecule has 0 aliphatic carbocycles. The molecule has 7 heteroatoms. The van der Waals surface area contributed by atoms with Crippen LogP contribution in [0.15, 0.2) is 78.9 Å². The minimum atomic E-state index is -4.29. The van der Waals surface area contributed by atoms with Crippen molar-refractivity contribution < 1.29 is 22.1 Å². The summed E-state index contributed by atoms with van der Waals surface area (Å²) in [5.41, 5.74) is 3.03. The lowest BCUT2D eigenvalue weighted by Gasteiger charge is -2.16. The molecule has 3 aromatic carbocycles. The zero-order chi connectivity index (χ0) is 27.1. The highest BCUT2D eigenvalue weighted by Gasteiger charge is 2.21. The number of rotatable bonds is 16. The van der Waals surface area contributed by atoms with E-state index in [4.69, 9.17) is 8.92 Å². The Labute approximate surface area is 227 Å². The van der Waals surface area contributed by atoms with Gasteiger partial charge in [0.1, 0.15) is 5.75 Å². The molecule has 0 bridgehead atoms. The molecular weight excluding hydrogens is 498 g/mol. The molecular formula is C31H39NO5S. The van der Waals surface area contributed by atoms with Crippen LogP contribution in [0.4, 0.5) is 4.79 Å². The summed E-state index contributed by atoms with van der Waals surface area (Å²) in [5.74, 6) is 0.271. The molecule has 0 heterocycles. The van der Waals surface area contributed by atoms with Crippen LogP contribution in [0.5, 0.6) is 5.75 Å². The van der Waals surface area contributed by atoms with Crippen LogP contribution in [0, 0.1) is 0 Å². The quantitative estimate of drug-likeness (QED) is 0.186. The smallest absolute Gasteiger partial charge is 0.408 e. The normalized spacial score (nSPS) is 11.3. The SMILES string of the molecule is CCCCCCCCCCCCOS(=O)(=O)NC(=O)Oc1c(-c2ccccc2)cccc1-c1ccccc1. The number of unbranched alkanes of at least 4 members (excludes halogenated alkanes) is 9. The van der Waals surface area contributed by atoms with Crippen molar-refractivity contribution in [3.05, 3.63) is 78.9 Å². The fraction of sp³-hybridized carbons (Fsp3) is 0.387. The van der Waals surface area contributed by atoms with Gasteiger partial charge in [-0.1, -0.05) is 144 Å². The predicted molar refractivity (Wildman–Crippen MR) is 153 cm³/mol. The minimum Gasteiger partial charge on any atom is -0.408 e. The average molecular weight is 538 g/mol. The fourth-order valence-electron chi connectivity index (χ4n) is 4.34. The zero-order valence-corrected chi connectivity index (χ0v) is 23.0. The van der Waals surface area contributed by atoms with E-state index in [0.29, 0.717) is 17.5 Å². The summed E-state index contributed by atoms with van der Waals surface area (Å²) >= 11 is 0. The van der Waals surface area contributed by atoms with E-state index in [1.165, 1.54) is 38.5 Å². The minimum absolute atomic E-state index is 0.0228. The van der Waals surface area contributed by atoms with Crippen molar-refractivity contribution in [1.29, 1.82) is 0 Å². The standard InChI is InChI=1S/C31H39NO5S/c1-2-3-4-5-6-7-8-9-10-17-25-36-38(34,35)32-31(33)37-30-28(26-19-13-11-14-20-26)23-18-24-29(30)27-21-15-12-16-22-27/h11-16,18-24H,2-10,17,25H2,1H3,(H,32,33). The first-order valence-corrected chi connectivity index (χ1v) is 15.0. The van der Waals surface area contributed by atoms with Gasteiger partial charge in [-0.25, -0.2) is 4.79 Å². The van der Waals surface area contributed by atoms with E-state index in [-0.39, 0.29) is 12.4 Å². The number of hydrogen-bond donors (Lipinski definition) is 1. The van der Waals surface area contributed by atoms with E-state index >= 15 is 0 Å². The van der Waals surface area contributed by atoms with Gasteiger partial charge in [0.25, 0.3) is 0 Å². The molecule has 0 fully saturated rings. The lowest BCUT2D eigenvalue weighted by Crippen LogP contribution is -2.34. The molecule has 6 nitrogen and oxygen atoms in total. The predicted octanol–water partition coefficient (Wildman–Crippen LogP) is 8.29. The number of benzene rings is 3. The van der Waals surface area contributed by atoms with Gasteiger partial charge in [-0.15, -0.1) is 0 Å². The second kappa shape index (κ2) is 15.9. The van der Waals surface area contributed by atoms with Gasteiger partial charge in [0, 0.05) is 11.1 Å². The Bertz CT molecular complexity index is 1160. The van der Waals surface area contributed by atoms with Crippen LogP contribution in [0.2, 0.25) is 0 Å². The summed E-state index contributed by atoms with van der Waals surface area (Å²) < 4.78 is 37.2. The maximum atomic E-state index is 12.7. The van der Waals surface area contributed by atoms with Crippen LogP contribution in [0.1, 0.15) is 71.1 Å². The molecule has 0 radical (unpaired) electrons. The highest BCUT2D eigenvalue weighted by molar-refractivity contribution is 7.85. The van der Waals surface area contributed by atoms with Crippen molar-refractivity contribution in [3.8, 4) is 28.0 Å². The van der Waals surface area contributed by atoms with Crippen molar-refractivity contribution in [3.63, 3.8) is 0 Å².